The summed E-state index contributed by atoms with van der Waals surface area (Å²) in [5.74, 6) is 1.09. The van der Waals surface area contributed by atoms with Gasteiger partial charge in [0.1, 0.15) is 5.82 Å². The molecule has 0 fully saturated rings. The maximum Gasteiger partial charge on any atom is 0.135 e. The van der Waals surface area contributed by atoms with Gasteiger partial charge in [-0.05, 0) is 31.9 Å². The summed E-state index contributed by atoms with van der Waals surface area (Å²) in [5.41, 5.74) is 1.25. The molecule has 18 heavy (non-hydrogen) atoms. The van der Waals surface area contributed by atoms with Gasteiger partial charge in [0.05, 0.1) is 6.61 Å². The van der Waals surface area contributed by atoms with Crippen molar-refractivity contribution in [3.63, 3.8) is 0 Å². The Morgan fingerprint density at radius 3 is 3.06 bits per heavy atom. The molecule has 0 aliphatic carbocycles. The van der Waals surface area contributed by atoms with Gasteiger partial charge in [-0.25, -0.2) is 4.98 Å². The summed E-state index contributed by atoms with van der Waals surface area (Å²) < 4.78 is 7.19. The largest absolute Gasteiger partial charge is 0.383 e. The third-order valence-corrected chi connectivity index (χ3v) is 2.79. The lowest BCUT2D eigenvalue weighted by atomic mass is 10.2. The topological polar surface area (TPSA) is 39.1 Å². The van der Waals surface area contributed by atoms with Gasteiger partial charge < -0.3 is 14.6 Å². The van der Waals surface area contributed by atoms with E-state index in [1.165, 1.54) is 5.57 Å². The molecule has 0 radical (unpaired) electrons. The number of aryl methyl sites for hydroxylation is 1. The van der Waals surface area contributed by atoms with Crippen molar-refractivity contribution in [1.29, 1.82) is 0 Å². The Labute approximate surface area is 110 Å². The van der Waals surface area contributed by atoms with Crippen LogP contribution < -0.4 is 5.32 Å². The number of aromatic nitrogens is 2. The number of methoxy groups -OCH3 is 1. The van der Waals surface area contributed by atoms with E-state index in [2.05, 4.69) is 34.8 Å². The second-order valence-electron chi connectivity index (χ2n) is 4.36. The van der Waals surface area contributed by atoms with Gasteiger partial charge in [-0.3, -0.25) is 0 Å². The van der Waals surface area contributed by atoms with Crippen molar-refractivity contribution in [2.24, 2.45) is 0 Å². The maximum absolute atomic E-state index is 4.98. The van der Waals surface area contributed by atoms with Gasteiger partial charge in [0.15, 0.2) is 0 Å². The molecule has 4 heteroatoms. The highest BCUT2D eigenvalue weighted by molar-refractivity contribution is 5.57. The van der Waals surface area contributed by atoms with E-state index >= 15 is 0 Å². The summed E-state index contributed by atoms with van der Waals surface area (Å²) in [7, 11) is 1.72. The first-order chi connectivity index (χ1) is 8.79. The lowest BCUT2D eigenvalue weighted by Gasteiger charge is -2.07. The third kappa shape index (κ3) is 5.02. The standard InChI is InChI=1S/C14H25N3O/c1-4-10-17-11-8-16-14(17)13(2)6-5-7-15-9-12-18-3/h6,8,11,15H,4-5,7,9-10,12H2,1-3H3. The predicted octanol–water partition coefficient (Wildman–Crippen LogP) is 2.32. The van der Waals surface area contributed by atoms with Crippen LogP contribution in [0.3, 0.4) is 0 Å². The molecule has 0 aliphatic heterocycles. The summed E-state index contributed by atoms with van der Waals surface area (Å²) >= 11 is 0. The minimum absolute atomic E-state index is 0.767. The number of hydrogen-bond donors (Lipinski definition) is 1. The normalized spacial score (nSPS) is 12.1. The number of allylic oxidation sites excluding steroid dienone is 1. The predicted molar refractivity (Wildman–Crippen MR) is 75.5 cm³/mol. The number of hydrogen-bond acceptors (Lipinski definition) is 3. The zero-order valence-corrected chi connectivity index (χ0v) is 11.8. The average Bonchev–Trinajstić information content (AvgIpc) is 2.82. The minimum Gasteiger partial charge on any atom is -0.383 e. The molecule has 0 spiro atoms. The zero-order chi connectivity index (χ0) is 13.2. The molecule has 1 rings (SSSR count). The number of ether oxygens (including phenoxy) is 1. The van der Waals surface area contributed by atoms with Crippen LogP contribution in [0.2, 0.25) is 0 Å². The molecule has 1 aromatic rings. The molecule has 0 saturated heterocycles. The van der Waals surface area contributed by atoms with Crippen LogP contribution in [0, 0.1) is 0 Å². The van der Waals surface area contributed by atoms with Crippen LogP contribution in [0.15, 0.2) is 18.5 Å². The fourth-order valence-electron chi connectivity index (χ4n) is 1.86. The summed E-state index contributed by atoms with van der Waals surface area (Å²) in [6.45, 7) is 8.01. The molecule has 102 valence electrons. The lowest BCUT2D eigenvalue weighted by molar-refractivity contribution is 0.199. The molecular weight excluding hydrogens is 226 g/mol. The molecule has 0 amide bonds. The molecule has 0 aliphatic rings. The molecule has 4 nitrogen and oxygen atoms in total. The first kappa shape index (κ1) is 14.9. The molecule has 0 aromatic carbocycles. The Kier molecular flexibility index (Phi) is 7.37. The van der Waals surface area contributed by atoms with Crippen molar-refractivity contribution in [2.75, 3.05) is 26.8 Å². The number of nitrogens with zero attached hydrogens (tertiary/aromatic N) is 2. The quantitative estimate of drug-likeness (QED) is 0.685. The van der Waals surface area contributed by atoms with Gasteiger partial charge >= 0.3 is 0 Å². The van der Waals surface area contributed by atoms with E-state index in [4.69, 9.17) is 4.74 Å². The van der Waals surface area contributed by atoms with Crippen molar-refractivity contribution < 1.29 is 4.74 Å². The Hall–Kier alpha value is -1.13. The van der Waals surface area contributed by atoms with Gasteiger partial charge in [0, 0.05) is 32.6 Å². The van der Waals surface area contributed by atoms with Crippen LogP contribution in [-0.2, 0) is 11.3 Å². The molecule has 1 heterocycles. The van der Waals surface area contributed by atoms with Gasteiger partial charge in [-0.1, -0.05) is 13.0 Å². The lowest BCUT2D eigenvalue weighted by Crippen LogP contribution is -2.19. The number of nitrogens with one attached hydrogen (secondary N) is 1. The van der Waals surface area contributed by atoms with Gasteiger partial charge in [0.2, 0.25) is 0 Å². The Balaban J connectivity index is 2.38. The highest BCUT2D eigenvalue weighted by Crippen LogP contribution is 2.12. The molecule has 0 atom stereocenters. The monoisotopic (exact) mass is 251 g/mol. The Morgan fingerprint density at radius 1 is 1.50 bits per heavy atom. The van der Waals surface area contributed by atoms with Gasteiger partial charge in [0.25, 0.3) is 0 Å². The Morgan fingerprint density at radius 2 is 2.33 bits per heavy atom. The van der Waals surface area contributed by atoms with Crippen molar-refractivity contribution in [1.82, 2.24) is 14.9 Å². The fourth-order valence-corrected chi connectivity index (χ4v) is 1.86. The van der Waals surface area contributed by atoms with E-state index < -0.39 is 0 Å². The van der Waals surface area contributed by atoms with E-state index in [1.807, 2.05) is 12.4 Å². The van der Waals surface area contributed by atoms with E-state index in [0.29, 0.717) is 0 Å². The molecule has 0 saturated carbocycles. The van der Waals surface area contributed by atoms with Crippen molar-refractivity contribution in [3.05, 3.63) is 24.3 Å². The van der Waals surface area contributed by atoms with E-state index in [-0.39, 0.29) is 0 Å². The summed E-state index contributed by atoms with van der Waals surface area (Å²) in [6, 6.07) is 0. The molecular formula is C14H25N3O. The van der Waals surface area contributed by atoms with E-state index in [0.717, 1.165) is 44.9 Å². The highest BCUT2D eigenvalue weighted by Gasteiger charge is 2.03. The van der Waals surface area contributed by atoms with E-state index in [9.17, 15) is 0 Å². The van der Waals surface area contributed by atoms with Crippen LogP contribution in [-0.4, -0.2) is 36.4 Å². The second kappa shape index (κ2) is 8.89. The van der Waals surface area contributed by atoms with E-state index in [1.54, 1.807) is 7.11 Å². The summed E-state index contributed by atoms with van der Waals surface area (Å²) in [5, 5.41) is 3.33. The Bertz CT molecular complexity index is 358. The third-order valence-electron chi connectivity index (χ3n) is 2.79. The highest BCUT2D eigenvalue weighted by atomic mass is 16.5. The smallest absolute Gasteiger partial charge is 0.135 e. The molecule has 0 unspecified atom stereocenters. The number of imidazole rings is 1. The van der Waals surface area contributed by atoms with Crippen LogP contribution in [0.5, 0.6) is 0 Å². The first-order valence-corrected chi connectivity index (χ1v) is 6.67. The van der Waals surface area contributed by atoms with Crippen LogP contribution in [0.4, 0.5) is 0 Å². The maximum atomic E-state index is 4.98. The molecule has 0 bridgehead atoms. The zero-order valence-electron chi connectivity index (χ0n) is 11.8. The number of rotatable bonds is 9. The minimum atomic E-state index is 0.767. The molecule has 1 N–H and O–H groups in total. The second-order valence-corrected chi connectivity index (χ2v) is 4.36. The first-order valence-electron chi connectivity index (χ1n) is 6.67. The molecule has 1 aromatic heterocycles. The van der Waals surface area contributed by atoms with Crippen LogP contribution in [0.1, 0.15) is 32.5 Å². The van der Waals surface area contributed by atoms with Gasteiger partial charge in [-0.2, -0.15) is 0 Å². The van der Waals surface area contributed by atoms with Gasteiger partial charge in [-0.15, -0.1) is 0 Å². The fraction of sp³-hybridized carbons (Fsp3) is 0.643. The van der Waals surface area contributed by atoms with Crippen LogP contribution >= 0.6 is 0 Å². The SMILES string of the molecule is CCCn1ccnc1C(C)=CCCNCCOC. The van der Waals surface area contributed by atoms with Crippen molar-refractivity contribution >= 4 is 5.57 Å². The van der Waals surface area contributed by atoms with Crippen LogP contribution in [0.25, 0.3) is 5.57 Å². The summed E-state index contributed by atoms with van der Waals surface area (Å²) in [4.78, 5) is 4.42. The van der Waals surface area contributed by atoms with Crippen molar-refractivity contribution in [3.8, 4) is 0 Å². The van der Waals surface area contributed by atoms with Crippen molar-refractivity contribution in [2.45, 2.75) is 33.2 Å². The summed E-state index contributed by atoms with van der Waals surface area (Å²) in [6.07, 6.45) is 8.32. The average molecular weight is 251 g/mol.